The summed E-state index contributed by atoms with van der Waals surface area (Å²) in [6, 6.07) is 15.1. The number of rotatable bonds is 7. The Bertz CT molecular complexity index is 737. The standard InChI is InChI=1S/C20H26ClN3O2/c1-4-22-20(24-14(2)15-7-5-9-17(21)11-15)23-13-19(25)16-8-6-10-18(12-16)26-3/h5-12,14,19,25H,4,13H2,1-3H3,(H2,22,23,24). The minimum absolute atomic E-state index is 0.0282. The molecule has 0 amide bonds. The molecule has 6 heteroatoms. The highest BCUT2D eigenvalue weighted by molar-refractivity contribution is 6.30. The van der Waals surface area contributed by atoms with Gasteiger partial charge in [-0.1, -0.05) is 35.9 Å². The second-order valence-corrected chi connectivity index (χ2v) is 6.37. The van der Waals surface area contributed by atoms with Gasteiger partial charge in [0, 0.05) is 11.6 Å². The number of ether oxygens (including phenoxy) is 1. The van der Waals surface area contributed by atoms with Gasteiger partial charge in [-0.15, -0.1) is 0 Å². The minimum atomic E-state index is -0.706. The minimum Gasteiger partial charge on any atom is -0.497 e. The van der Waals surface area contributed by atoms with Crippen molar-refractivity contribution in [1.82, 2.24) is 10.6 Å². The van der Waals surface area contributed by atoms with E-state index in [1.807, 2.05) is 62.4 Å². The number of hydrogen-bond donors (Lipinski definition) is 3. The smallest absolute Gasteiger partial charge is 0.191 e. The van der Waals surface area contributed by atoms with E-state index in [2.05, 4.69) is 15.6 Å². The lowest BCUT2D eigenvalue weighted by Crippen LogP contribution is -2.39. The molecular weight excluding hydrogens is 350 g/mol. The predicted molar refractivity (Wildman–Crippen MR) is 107 cm³/mol. The number of aliphatic imine (C=N–C) groups is 1. The molecule has 2 rings (SSSR count). The van der Waals surface area contributed by atoms with Crippen LogP contribution in [0.25, 0.3) is 0 Å². The zero-order chi connectivity index (χ0) is 18.9. The zero-order valence-corrected chi connectivity index (χ0v) is 16.1. The fraction of sp³-hybridized carbons (Fsp3) is 0.350. The van der Waals surface area contributed by atoms with Gasteiger partial charge < -0.3 is 20.5 Å². The fourth-order valence-corrected chi connectivity index (χ4v) is 2.72. The number of aliphatic hydroxyl groups is 1. The van der Waals surface area contributed by atoms with Crippen LogP contribution in [0.4, 0.5) is 0 Å². The third kappa shape index (κ3) is 5.93. The molecule has 2 atom stereocenters. The van der Waals surface area contributed by atoms with Crippen molar-refractivity contribution in [2.45, 2.75) is 26.0 Å². The van der Waals surface area contributed by atoms with Crippen LogP contribution in [0.5, 0.6) is 5.75 Å². The number of methoxy groups -OCH3 is 1. The van der Waals surface area contributed by atoms with E-state index in [1.165, 1.54) is 0 Å². The van der Waals surface area contributed by atoms with E-state index in [1.54, 1.807) is 7.11 Å². The second kappa shape index (κ2) is 10.0. The molecule has 0 saturated heterocycles. The molecule has 2 unspecified atom stereocenters. The molecule has 26 heavy (non-hydrogen) atoms. The molecule has 0 heterocycles. The van der Waals surface area contributed by atoms with Crippen molar-refractivity contribution in [1.29, 1.82) is 0 Å². The fourth-order valence-electron chi connectivity index (χ4n) is 2.52. The first-order valence-corrected chi connectivity index (χ1v) is 9.03. The monoisotopic (exact) mass is 375 g/mol. The summed E-state index contributed by atoms with van der Waals surface area (Å²) in [5.41, 5.74) is 1.84. The molecule has 140 valence electrons. The maximum Gasteiger partial charge on any atom is 0.191 e. The van der Waals surface area contributed by atoms with E-state index < -0.39 is 6.10 Å². The van der Waals surface area contributed by atoms with Crippen molar-refractivity contribution in [3.8, 4) is 5.75 Å². The highest BCUT2D eigenvalue weighted by Gasteiger charge is 2.11. The Morgan fingerprint density at radius 1 is 1.19 bits per heavy atom. The summed E-state index contributed by atoms with van der Waals surface area (Å²) in [4.78, 5) is 4.50. The lowest BCUT2D eigenvalue weighted by atomic mass is 10.1. The first-order valence-electron chi connectivity index (χ1n) is 8.65. The molecule has 2 aromatic carbocycles. The van der Waals surface area contributed by atoms with Crippen molar-refractivity contribution in [3.63, 3.8) is 0 Å². The van der Waals surface area contributed by atoms with Gasteiger partial charge in [0.1, 0.15) is 5.75 Å². The van der Waals surface area contributed by atoms with Crippen LogP contribution in [0.1, 0.15) is 37.1 Å². The maximum atomic E-state index is 10.4. The van der Waals surface area contributed by atoms with E-state index in [-0.39, 0.29) is 12.6 Å². The Kier molecular flexibility index (Phi) is 7.75. The number of halogens is 1. The molecule has 0 aliphatic rings. The number of hydrogen-bond acceptors (Lipinski definition) is 3. The van der Waals surface area contributed by atoms with Gasteiger partial charge in [0.25, 0.3) is 0 Å². The van der Waals surface area contributed by atoms with Gasteiger partial charge in [-0.25, -0.2) is 0 Å². The predicted octanol–water partition coefficient (Wildman–Crippen LogP) is 3.70. The van der Waals surface area contributed by atoms with Crippen molar-refractivity contribution in [2.75, 3.05) is 20.2 Å². The van der Waals surface area contributed by atoms with Gasteiger partial charge in [-0.2, -0.15) is 0 Å². The van der Waals surface area contributed by atoms with Crippen LogP contribution in [0.2, 0.25) is 5.02 Å². The Hall–Kier alpha value is -2.24. The van der Waals surface area contributed by atoms with Crippen LogP contribution < -0.4 is 15.4 Å². The van der Waals surface area contributed by atoms with E-state index in [0.717, 1.165) is 17.7 Å². The van der Waals surface area contributed by atoms with Crippen molar-refractivity contribution < 1.29 is 9.84 Å². The van der Waals surface area contributed by atoms with Gasteiger partial charge in [0.2, 0.25) is 0 Å². The summed E-state index contributed by atoms with van der Waals surface area (Å²) in [7, 11) is 1.61. The molecule has 0 radical (unpaired) electrons. The first kappa shape index (κ1) is 20.1. The van der Waals surface area contributed by atoms with Crippen molar-refractivity contribution in [3.05, 3.63) is 64.7 Å². The highest BCUT2D eigenvalue weighted by atomic mass is 35.5. The highest BCUT2D eigenvalue weighted by Crippen LogP contribution is 2.20. The largest absolute Gasteiger partial charge is 0.497 e. The number of benzene rings is 2. The molecule has 0 saturated carbocycles. The Morgan fingerprint density at radius 2 is 1.92 bits per heavy atom. The lowest BCUT2D eigenvalue weighted by Gasteiger charge is -2.19. The lowest BCUT2D eigenvalue weighted by molar-refractivity contribution is 0.186. The van der Waals surface area contributed by atoms with Crippen LogP contribution in [0.15, 0.2) is 53.5 Å². The molecule has 2 aromatic rings. The summed E-state index contributed by atoms with van der Waals surface area (Å²) in [6.45, 7) is 5.00. The van der Waals surface area contributed by atoms with Gasteiger partial charge in [0.05, 0.1) is 25.8 Å². The van der Waals surface area contributed by atoms with Gasteiger partial charge in [-0.3, -0.25) is 4.99 Å². The van der Waals surface area contributed by atoms with Crippen LogP contribution in [-0.2, 0) is 0 Å². The van der Waals surface area contributed by atoms with Gasteiger partial charge in [-0.05, 0) is 49.2 Å². The summed E-state index contributed by atoms with van der Waals surface area (Å²) >= 11 is 6.06. The van der Waals surface area contributed by atoms with Crippen LogP contribution in [0, 0.1) is 0 Å². The zero-order valence-electron chi connectivity index (χ0n) is 15.4. The van der Waals surface area contributed by atoms with Crippen molar-refractivity contribution >= 4 is 17.6 Å². The van der Waals surface area contributed by atoms with Gasteiger partial charge >= 0.3 is 0 Å². The van der Waals surface area contributed by atoms with E-state index in [0.29, 0.717) is 16.7 Å². The molecule has 0 aliphatic heterocycles. The normalized spacial score (nSPS) is 13.8. The third-order valence-electron chi connectivity index (χ3n) is 3.95. The Balaban J connectivity index is 2.05. The summed E-state index contributed by atoms with van der Waals surface area (Å²) in [5.74, 6) is 1.35. The quantitative estimate of drug-likeness (QED) is 0.510. The summed E-state index contributed by atoms with van der Waals surface area (Å²) in [6.07, 6.45) is -0.706. The average molecular weight is 376 g/mol. The van der Waals surface area contributed by atoms with E-state index >= 15 is 0 Å². The molecule has 0 fully saturated rings. The molecule has 0 bridgehead atoms. The van der Waals surface area contributed by atoms with E-state index in [9.17, 15) is 5.11 Å². The molecule has 0 aromatic heterocycles. The maximum absolute atomic E-state index is 10.4. The summed E-state index contributed by atoms with van der Waals surface area (Å²) < 4.78 is 5.20. The Morgan fingerprint density at radius 3 is 2.62 bits per heavy atom. The van der Waals surface area contributed by atoms with Crippen LogP contribution in [-0.4, -0.2) is 31.3 Å². The van der Waals surface area contributed by atoms with Gasteiger partial charge in [0.15, 0.2) is 5.96 Å². The summed E-state index contributed by atoms with van der Waals surface area (Å²) in [5, 5.41) is 17.6. The van der Waals surface area contributed by atoms with E-state index in [4.69, 9.17) is 16.3 Å². The SMILES string of the molecule is CCNC(=NCC(O)c1cccc(OC)c1)NC(C)c1cccc(Cl)c1. The number of nitrogens with zero attached hydrogens (tertiary/aromatic N) is 1. The number of aliphatic hydroxyl groups excluding tert-OH is 1. The molecular formula is C20H26ClN3O2. The molecule has 3 N–H and O–H groups in total. The molecule has 0 aliphatic carbocycles. The molecule has 0 spiro atoms. The molecule has 5 nitrogen and oxygen atoms in total. The van der Waals surface area contributed by atoms with Crippen LogP contribution in [0.3, 0.4) is 0 Å². The van der Waals surface area contributed by atoms with Crippen molar-refractivity contribution in [2.24, 2.45) is 4.99 Å². The third-order valence-corrected chi connectivity index (χ3v) is 4.18. The van der Waals surface area contributed by atoms with Crippen LogP contribution >= 0.6 is 11.6 Å². The number of nitrogens with one attached hydrogen (secondary N) is 2. The second-order valence-electron chi connectivity index (χ2n) is 5.93. The number of guanidine groups is 1. The first-order chi connectivity index (χ1) is 12.5. The topological polar surface area (TPSA) is 65.9 Å². The average Bonchev–Trinajstić information content (AvgIpc) is 2.66. The Labute approximate surface area is 160 Å².